The van der Waals surface area contributed by atoms with Crippen molar-refractivity contribution in [2.45, 2.75) is 52.9 Å². The van der Waals surface area contributed by atoms with Gasteiger partial charge in [-0.2, -0.15) is 0 Å². The highest BCUT2D eigenvalue weighted by molar-refractivity contribution is 5.57. The molecule has 0 aromatic heterocycles. The molecule has 1 nitrogen and oxygen atoms in total. The molecule has 12 heavy (non-hydrogen) atoms. The summed E-state index contributed by atoms with van der Waals surface area (Å²) in [4.78, 5) is 0. The summed E-state index contributed by atoms with van der Waals surface area (Å²) in [6, 6.07) is 0. The largest absolute Gasteiger partial charge is 0.313 e. The maximum Gasteiger partial charge on any atom is -0.00141 e. The number of hydrogen-bond donors (Lipinski definition) is 1. The Labute approximate surface area is 77.1 Å². The molecule has 72 valence electrons. The molecule has 1 atom stereocenters. The van der Waals surface area contributed by atoms with Gasteiger partial charge in [-0.15, -0.1) is 0 Å². The molecule has 0 amide bonds. The second kappa shape index (κ2) is 7.33. The Morgan fingerprint density at radius 2 is 1.58 bits per heavy atom. The van der Waals surface area contributed by atoms with Gasteiger partial charge in [0.05, 0.1) is 0 Å². The van der Waals surface area contributed by atoms with Gasteiger partial charge in [0.1, 0.15) is 0 Å². The molecule has 0 heterocycles. The summed E-state index contributed by atoms with van der Waals surface area (Å²) in [5.41, 5.74) is 0. The van der Waals surface area contributed by atoms with Crippen LogP contribution in [0.1, 0.15) is 52.9 Å². The van der Waals surface area contributed by atoms with Gasteiger partial charge in [-0.25, -0.2) is 0 Å². The summed E-state index contributed by atoms with van der Waals surface area (Å²) in [6.45, 7) is 6.66. The van der Waals surface area contributed by atoms with E-state index in [1.807, 2.05) is 0 Å². The summed E-state index contributed by atoms with van der Waals surface area (Å²) in [5, 5.41) is 7.32. The van der Waals surface area contributed by atoms with Gasteiger partial charge in [-0.3, -0.25) is 0 Å². The molecule has 0 aromatic carbocycles. The van der Waals surface area contributed by atoms with Crippen molar-refractivity contribution in [2.75, 3.05) is 0 Å². The third-order valence-corrected chi connectivity index (χ3v) is 2.61. The first-order chi connectivity index (χ1) is 5.79. The zero-order chi connectivity index (χ0) is 9.40. The van der Waals surface area contributed by atoms with Crippen molar-refractivity contribution in [3.63, 3.8) is 0 Å². The Kier molecular flexibility index (Phi) is 7.12. The summed E-state index contributed by atoms with van der Waals surface area (Å²) < 4.78 is 0. The van der Waals surface area contributed by atoms with E-state index in [0.717, 1.165) is 12.3 Å². The van der Waals surface area contributed by atoms with Crippen molar-refractivity contribution in [3.05, 3.63) is 0 Å². The average Bonchev–Trinajstić information content (AvgIpc) is 2.07. The van der Waals surface area contributed by atoms with Crippen LogP contribution in [-0.2, 0) is 0 Å². The van der Waals surface area contributed by atoms with Crippen molar-refractivity contribution < 1.29 is 0 Å². The van der Waals surface area contributed by atoms with Crippen LogP contribution in [0, 0.1) is 17.2 Å². The molecule has 0 saturated heterocycles. The minimum Gasteiger partial charge on any atom is -0.313 e. The molecule has 0 aliphatic heterocycles. The molecule has 0 saturated carbocycles. The molecule has 0 aliphatic rings. The first-order valence-electron chi connectivity index (χ1n) is 5.30. The van der Waals surface area contributed by atoms with Crippen molar-refractivity contribution in [3.8, 4) is 0 Å². The molecule has 0 radical (unpaired) electrons. The van der Waals surface area contributed by atoms with Crippen molar-refractivity contribution in [2.24, 2.45) is 11.8 Å². The topological polar surface area (TPSA) is 23.9 Å². The lowest BCUT2D eigenvalue weighted by molar-refractivity contribution is 0.353. The predicted octanol–water partition coefficient (Wildman–Crippen LogP) is 3.88. The highest BCUT2D eigenvalue weighted by Gasteiger charge is 2.15. The fraction of sp³-hybridized carbons (Fsp3) is 0.909. The van der Waals surface area contributed by atoms with Gasteiger partial charge >= 0.3 is 0 Å². The summed E-state index contributed by atoms with van der Waals surface area (Å²) in [5.74, 6) is 1.30. The van der Waals surface area contributed by atoms with Crippen LogP contribution < -0.4 is 0 Å². The Morgan fingerprint density at radius 1 is 1.08 bits per heavy atom. The van der Waals surface area contributed by atoms with Gasteiger partial charge in [-0.05, 0) is 24.5 Å². The molecule has 0 fully saturated rings. The second-order valence-electron chi connectivity index (χ2n) is 3.58. The maximum atomic E-state index is 7.32. The minimum atomic E-state index is 0.532. The molecule has 0 bridgehead atoms. The van der Waals surface area contributed by atoms with E-state index >= 15 is 0 Å². The fourth-order valence-electron chi connectivity index (χ4n) is 1.90. The monoisotopic (exact) mass is 169 g/mol. The standard InChI is InChI=1S/C11H23N/c1-4-7-11(8-5-2)10(6-3)9-12/h9-12H,4-8H2,1-3H3/t10-/m0/s1. The summed E-state index contributed by atoms with van der Waals surface area (Å²) >= 11 is 0. The van der Waals surface area contributed by atoms with E-state index in [1.165, 1.54) is 25.7 Å². The van der Waals surface area contributed by atoms with Crippen molar-refractivity contribution in [1.29, 1.82) is 5.41 Å². The van der Waals surface area contributed by atoms with Crippen LogP contribution in [0.25, 0.3) is 0 Å². The van der Waals surface area contributed by atoms with Crippen LogP contribution >= 0.6 is 0 Å². The number of hydrogen-bond acceptors (Lipinski definition) is 1. The van der Waals surface area contributed by atoms with Crippen molar-refractivity contribution in [1.82, 2.24) is 0 Å². The van der Waals surface area contributed by atoms with E-state index in [4.69, 9.17) is 5.41 Å². The van der Waals surface area contributed by atoms with Gasteiger partial charge in [0.15, 0.2) is 0 Å². The van der Waals surface area contributed by atoms with E-state index in [0.29, 0.717) is 5.92 Å². The first kappa shape index (κ1) is 11.7. The highest BCUT2D eigenvalue weighted by Crippen LogP contribution is 2.23. The number of rotatable bonds is 7. The van der Waals surface area contributed by atoms with Crippen LogP contribution in [-0.4, -0.2) is 6.21 Å². The molecular formula is C11H23N. The average molecular weight is 169 g/mol. The lowest BCUT2D eigenvalue weighted by atomic mass is 9.84. The number of nitrogens with one attached hydrogen (secondary N) is 1. The molecule has 0 unspecified atom stereocenters. The Balaban J connectivity index is 3.94. The van der Waals surface area contributed by atoms with E-state index in [2.05, 4.69) is 20.8 Å². The van der Waals surface area contributed by atoms with Crippen LogP contribution in [0.4, 0.5) is 0 Å². The van der Waals surface area contributed by atoms with Crippen LogP contribution in [0.5, 0.6) is 0 Å². The minimum absolute atomic E-state index is 0.532. The van der Waals surface area contributed by atoms with Crippen LogP contribution in [0.15, 0.2) is 0 Å². The summed E-state index contributed by atoms with van der Waals surface area (Å²) in [6.07, 6.45) is 7.89. The quantitative estimate of drug-likeness (QED) is 0.559. The molecule has 0 aliphatic carbocycles. The van der Waals surface area contributed by atoms with E-state index in [9.17, 15) is 0 Å². The Morgan fingerprint density at radius 3 is 1.83 bits per heavy atom. The predicted molar refractivity (Wildman–Crippen MR) is 55.9 cm³/mol. The molecule has 1 N–H and O–H groups in total. The molecule has 0 spiro atoms. The molecular weight excluding hydrogens is 146 g/mol. The third-order valence-electron chi connectivity index (χ3n) is 2.61. The van der Waals surface area contributed by atoms with E-state index in [1.54, 1.807) is 6.21 Å². The summed E-state index contributed by atoms with van der Waals surface area (Å²) in [7, 11) is 0. The Bertz CT molecular complexity index is 104. The van der Waals surface area contributed by atoms with Crippen molar-refractivity contribution >= 4 is 6.21 Å². The SMILES string of the molecule is CCCC(CCC)[C@H](C=N)CC. The Hall–Kier alpha value is -0.330. The second-order valence-corrected chi connectivity index (χ2v) is 3.58. The maximum absolute atomic E-state index is 7.32. The van der Waals surface area contributed by atoms with E-state index in [-0.39, 0.29) is 0 Å². The smallest absolute Gasteiger partial charge is 0.00141 e. The molecule has 0 aromatic rings. The van der Waals surface area contributed by atoms with Crippen LogP contribution in [0.3, 0.4) is 0 Å². The lowest BCUT2D eigenvalue weighted by Crippen LogP contribution is -2.14. The third kappa shape index (κ3) is 3.89. The fourth-order valence-corrected chi connectivity index (χ4v) is 1.90. The van der Waals surface area contributed by atoms with Gasteiger partial charge in [0.2, 0.25) is 0 Å². The zero-order valence-electron chi connectivity index (χ0n) is 8.77. The van der Waals surface area contributed by atoms with Crippen LogP contribution in [0.2, 0.25) is 0 Å². The van der Waals surface area contributed by atoms with Gasteiger partial charge in [0.25, 0.3) is 0 Å². The normalized spacial score (nSPS) is 13.3. The first-order valence-corrected chi connectivity index (χ1v) is 5.30. The zero-order valence-corrected chi connectivity index (χ0v) is 8.77. The van der Waals surface area contributed by atoms with Gasteiger partial charge in [-0.1, -0.05) is 46.5 Å². The van der Waals surface area contributed by atoms with Gasteiger partial charge < -0.3 is 5.41 Å². The highest BCUT2D eigenvalue weighted by atomic mass is 14.4. The molecule has 1 heteroatoms. The molecule has 0 rings (SSSR count). The van der Waals surface area contributed by atoms with E-state index < -0.39 is 0 Å². The van der Waals surface area contributed by atoms with Gasteiger partial charge in [0, 0.05) is 0 Å². The lowest BCUT2D eigenvalue weighted by Gasteiger charge is -2.21.